The standard InChI is InChI=1S/C32H31N2.C22H21N2.Ir/c1-19-15-16-24-27-25(19)20-11-7-8-12-21(20)29-33-26-22-13-9-10-14-23(22)30(2,3)17-18-32(6,31(24,4)5)28(26)34(27)29;1-13-10-11-16-19-18(13)14-8-6-7-9-15(14)20-23-12-17(24(19)20)22(4,5)21(16,2)3;/h7-11,13-16H,17-18H2,1-6H3;6-8,10-12H,1-5H3;/q2*-1;/i2*1D3;. The van der Waals surface area contributed by atoms with Gasteiger partial charge in [0.25, 0.3) is 0 Å². The Balaban J connectivity index is 0.000000158. The summed E-state index contributed by atoms with van der Waals surface area (Å²) in [4.78, 5) is 10.2. The normalized spacial score (nSPS) is 22.1. The van der Waals surface area contributed by atoms with Crippen LogP contribution in [0, 0.1) is 25.8 Å². The van der Waals surface area contributed by atoms with Gasteiger partial charge >= 0.3 is 0 Å². The maximum Gasteiger partial charge on any atom is 0.0813 e. The summed E-state index contributed by atoms with van der Waals surface area (Å²) in [7, 11) is 0. The molecule has 6 heterocycles. The Bertz CT molecular complexity index is 3510. The number of aromatic nitrogens is 4. The van der Waals surface area contributed by atoms with Crippen LogP contribution in [0.25, 0.3) is 65.9 Å². The van der Waals surface area contributed by atoms with E-state index >= 15 is 0 Å². The van der Waals surface area contributed by atoms with Gasteiger partial charge in [0, 0.05) is 84.2 Å². The molecule has 0 amide bonds. The fourth-order valence-electron chi connectivity index (χ4n) is 11.2. The van der Waals surface area contributed by atoms with E-state index in [9.17, 15) is 0 Å². The zero-order chi connectivity index (χ0) is 45.5. The van der Waals surface area contributed by atoms with E-state index in [1.165, 1.54) is 22.4 Å². The largest absolute Gasteiger partial charge is 0.336 e. The van der Waals surface area contributed by atoms with Gasteiger partial charge in [-0.05, 0) is 59.4 Å². The zero-order valence-corrected chi connectivity index (χ0v) is 37.6. The number of benzene rings is 5. The number of imidazole rings is 2. The van der Waals surface area contributed by atoms with Crippen LogP contribution in [-0.4, -0.2) is 18.8 Å². The van der Waals surface area contributed by atoms with Crippen molar-refractivity contribution in [3.8, 4) is 11.3 Å². The minimum Gasteiger partial charge on any atom is -0.336 e. The first-order chi connectivity index (χ1) is 29.9. The third-order valence-electron chi connectivity index (χ3n) is 15.8. The van der Waals surface area contributed by atoms with Crippen LogP contribution >= 0.6 is 0 Å². The average molecular weight is 955 g/mol. The van der Waals surface area contributed by atoms with Gasteiger partial charge in [-0.3, -0.25) is 9.97 Å². The van der Waals surface area contributed by atoms with Crippen molar-refractivity contribution in [3.05, 3.63) is 142 Å². The van der Waals surface area contributed by atoms with Crippen molar-refractivity contribution in [2.75, 3.05) is 0 Å². The number of nitrogens with zero attached hydrogens (tertiary/aromatic N) is 4. The Labute approximate surface area is 369 Å². The number of rotatable bonds is 0. The van der Waals surface area contributed by atoms with E-state index in [-0.39, 0.29) is 47.2 Å². The molecule has 59 heavy (non-hydrogen) atoms. The second kappa shape index (κ2) is 12.1. The van der Waals surface area contributed by atoms with Gasteiger partial charge < -0.3 is 8.80 Å². The van der Waals surface area contributed by atoms with Gasteiger partial charge in [0.1, 0.15) is 0 Å². The molecular weight excluding hydrogens is 897 g/mol. The summed E-state index contributed by atoms with van der Waals surface area (Å²) < 4.78 is 54.1. The molecule has 0 spiro atoms. The topological polar surface area (TPSA) is 34.6 Å². The molecule has 1 atom stereocenters. The molecule has 4 aromatic heterocycles. The molecule has 9 aromatic rings. The summed E-state index contributed by atoms with van der Waals surface area (Å²) >= 11 is 0. The molecule has 0 saturated heterocycles. The Kier molecular flexibility index (Phi) is 6.59. The molecule has 12 rings (SSSR count). The number of hydrogen-bond donors (Lipinski definition) is 0. The van der Waals surface area contributed by atoms with Gasteiger partial charge in [0.05, 0.1) is 17.0 Å². The molecule has 0 fully saturated rings. The second-order valence-corrected chi connectivity index (χ2v) is 19.6. The van der Waals surface area contributed by atoms with Crippen molar-refractivity contribution >= 4 is 54.6 Å². The molecule has 3 aliphatic rings. The third kappa shape index (κ3) is 4.59. The minimum absolute atomic E-state index is 0. The van der Waals surface area contributed by atoms with Crippen molar-refractivity contribution < 1.29 is 28.3 Å². The predicted molar refractivity (Wildman–Crippen MR) is 242 cm³/mol. The molecule has 0 bridgehead atoms. The van der Waals surface area contributed by atoms with Crippen LogP contribution in [0.3, 0.4) is 0 Å². The first-order valence-electron chi connectivity index (χ1n) is 23.7. The van der Waals surface area contributed by atoms with Crippen LogP contribution in [0.1, 0.15) is 123 Å². The fraction of sp³-hybridized carbons (Fsp3) is 0.333. The third-order valence-corrected chi connectivity index (χ3v) is 15.8. The van der Waals surface area contributed by atoms with Crippen molar-refractivity contribution in [2.45, 2.75) is 116 Å². The van der Waals surface area contributed by atoms with E-state index in [1.807, 2.05) is 54.7 Å². The fourth-order valence-corrected chi connectivity index (χ4v) is 11.2. The number of pyridine rings is 2. The first-order valence-corrected chi connectivity index (χ1v) is 20.7. The van der Waals surface area contributed by atoms with Crippen LogP contribution in [0.2, 0.25) is 0 Å². The van der Waals surface area contributed by atoms with Gasteiger partial charge in [-0.1, -0.05) is 133 Å². The minimum atomic E-state index is -2.23. The van der Waals surface area contributed by atoms with E-state index in [0.29, 0.717) is 11.1 Å². The maximum atomic E-state index is 8.41. The van der Waals surface area contributed by atoms with Gasteiger partial charge in [0.2, 0.25) is 0 Å². The van der Waals surface area contributed by atoms with Crippen molar-refractivity contribution in [2.24, 2.45) is 0 Å². The Hall–Kier alpha value is -4.83. The molecule has 1 radical (unpaired) electrons. The smallest absolute Gasteiger partial charge is 0.0813 e. The van der Waals surface area contributed by atoms with Gasteiger partial charge in [-0.2, -0.15) is 0 Å². The van der Waals surface area contributed by atoms with Crippen LogP contribution in [-0.2, 0) is 47.2 Å². The number of aryl methyl sites for hydroxylation is 2. The number of hydrogen-bond acceptors (Lipinski definition) is 2. The molecule has 0 saturated carbocycles. The van der Waals surface area contributed by atoms with Gasteiger partial charge in [-0.25, -0.2) is 0 Å². The zero-order valence-electron chi connectivity index (χ0n) is 41.2. The Morgan fingerprint density at radius 3 is 1.85 bits per heavy atom. The van der Waals surface area contributed by atoms with E-state index < -0.39 is 13.7 Å². The Morgan fingerprint density at radius 1 is 0.610 bits per heavy atom. The average Bonchev–Trinajstić information content (AvgIpc) is 3.88. The quantitative estimate of drug-likeness (QED) is 0.112. The van der Waals surface area contributed by atoms with Gasteiger partial charge in [0.15, 0.2) is 0 Å². The molecule has 1 unspecified atom stereocenters. The Morgan fingerprint density at radius 2 is 1.20 bits per heavy atom. The van der Waals surface area contributed by atoms with Crippen molar-refractivity contribution in [1.82, 2.24) is 18.8 Å². The van der Waals surface area contributed by atoms with Crippen LogP contribution in [0.4, 0.5) is 0 Å². The molecule has 1 aliphatic carbocycles. The van der Waals surface area contributed by atoms with Crippen LogP contribution in [0.5, 0.6) is 0 Å². The SMILES string of the molecule is [2H]C([2H])([2H])c1ccc2c3c1c1ccc[c-]c1c1nc4c(n13)C(C)(CCC(C)(C)c1ccccc1-4)C2(C)C.[2H]C([2H])([2H])c1ccc2c3c1c1ccc[c-]c1c1ncc(n13)C(C)(C)C2(C)C.[Ir]. The van der Waals surface area contributed by atoms with Crippen molar-refractivity contribution in [3.63, 3.8) is 0 Å². The summed E-state index contributed by atoms with van der Waals surface area (Å²) in [6, 6.07) is 34.8. The van der Waals surface area contributed by atoms with E-state index in [2.05, 4.69) is 114 Å². The summed E-state index contributed by atoms with van der Waals surface area (Å²) in [5, 5.41) is 5.17. The van der Waals surface area contributed by atoms with E-state index in [1.54, 1.807) is 6.07 Å². The van der Waals surface area contributed by atoms with E-state index in [4.69, 9.17) is 18.2 Å². The molecule has 5 heteroatoms. The summed E-state index contributed by atoms with van der Waals surface area (Å²) in [5.41, 5.74) is 11.9. The van der Waals surface area contributed by atoms with E-state index in [0.717, 1.165) is 84.4 Å². The summed E-state index contributed by atoms with van der Waals surface area (Å²) in [6.07, 6.45) is 3.99. The van der Waals surface area contributed by atoms with Gasteiger partial charge in [-0.15, -0.1) is 59.3 Å². The molecule has 5 aromatic carbocycles. The van der Waals surface area contributed by atoms with Crippen LogP contribution in [0.15, 0.2) is 91.1 Å². The molecule has 4 nitrogen and oxygen atoms in total. The maximum absolute atomic E-state index is 8.41. The molecular formula is C54H52IrN4-2. The predicted octanol–water partition coefficient (Wildman–Crippen LogP) is 13.4. The molecule has 299 valence electrons. The first kappa shape index (κ1) is 32.0. The summed E-state index contributed by atoms with van der Waals surface area (Å²) in [6.45, 7) is 16.3. The second-order valence-electron chi connectivity index (χ2n) is 19.6. The molecule has 2 aliphatic heterocycles. The summed E-state index contributed by atoms with van der Waals surface area (Å²) in [5.74, 6) is 0. The van der Waals surface area contributed by atoms with Crippen LogP contribution < -0.4 is 0 Å². The van der Waals surface area contributed by atoms with Crippen molar-refractivity contribution in [1.29, 1.82) is 0 Å². The number of fused-ring (bicyclic) bond motifs is 8. The monoisotopic (exact) mass is 955 g/mol. The molecule has 0 N–H and O–H groups in total.